The molecule has 0 unspecified atom stereocenters. The first-order valence-electron chi connectivity index (χ1n) is 9.34. The molecule has 1 atom stereocenters. The molecule has 1 aromatic carbocycles. The Morgan fingerprint density at radius 3 is 2.93 bits per heavy atom. The molecule has 0 amide bonds. The van der Waals surface area contributed by atoms with Crippen LogP contribution < -0.4 is 10.9 Å². The summed E-state index contributed by atoms with van der Waals surface area (Å²) >= 11 is -1.89. The molecule has 0 saturated carbocycles. The molecule has 152 valence electrons. The second-order valence-electron chi connectivity index (χ2n) is 7.39. The third-order valence-corrected chi connectivity index (χ3v) is 9.48. The van der Waals surface area contributed by atoms with Crippen LogP contribution >= 0.6 is 20.2 Å². The number of anilines is 1. The molecule has 0 radical (unpaired) electrons. The molecule has 1 fully saturated rings. The van der Waals surface area contributed by atoms with E-state index in [-0.39, 0.29) is 16.8 Å². The number of pyridine rings is 1. The van der Waals surface area contributed by atoms with Crippen LogP contribution in [0.25, 0.3) is 16.9 Å². The number of halogens is 2. The van der Waals surface area contributed by atoms with Crippen molar-refractivity contribution in [3.8, 4) is 16.9 Å². The Morgan fingerprint density at radius 2 is 2.14 bits per heavy atom. The zero-order valence-corrected chi connectivity index (χ0v) is 18.1. The van der Waals surface area contributed by atoms with Gasteiger partial charge in [-0.15, -0.1) is 0 Å². The van der Waals surface area contributed by atoms with Crippen LogP contribution in [0, 0.1) is 5.82 Å². The number of hydrogen-bond acceptors (Lipinski definition) is 5. The van der Waals surface area contributed by atoms with Gasteiger partial charge in [0.2, 0.25) is 0 Å². The van der Waals surface area contributed by atoms with Crippen molar-refractivity contribution in [2.45, 2.75) is 25.3 Å². The van der Waals surface area contributed by atoms with Gasteiger partial charge in [0.25, 0.3) is 0 Å². The monoisotopic (exact) mass is 508 g/mol. The van der Waals surface area contributed by atoms with Gasteiger partial charge in [-0.05, 0) is 0 Å². The molecule has 0 aliphatic carbocycles. The number of hydrogen-bond donors (Lipinski definition) is 2. The van der Waals surface area contributed by atoms with Gasteiger partial charge < -0.3 is 0 Å². The van der Waals surface area contributed by atoms with Gasteiger partial charge >= 0.3 is 170 Å². The molecule has 29 heavy (non-hydrogen) atoms. The van der Waals surface area contributed by atoms with Crippen LogP contribution in [-0.2, 0) is 0 Å². The maximum absolute atomic E-state index is 14.6. The van der Waals surface area contributed by atoms with Crippen molar-refractivity contribution >= 4 is 26.2 Å². The van der Waals surface area contributed by atoms with Crippen molar-refractivity contribution in [3.63, 3.8) is 0 Å². The second-order valence-corrected chi connectivity index (χ2v) is 11.7. The predicted octanol–water partition coefficient (Wildman–Crippen LogP) is 3.81. The summed E-state index contributed by atoms with van der Waals surface area (Å²) in [5, 5.41) is 3.32. The first kappa shape index (κ1) is 20.0. The molecular weight excluding hydrogens is 486 g/mol. The Labute approximate surface area is 175 Å². The van der Waals surface area contributed by atoms with Crippen LogP contribution in [0.3, 0.4) is 0 Å². The Kier molecular flexibility index (Phi) is 5.64. The van der Waals surface area contributed by atoms with Gasteiger partial charge in [-0.2, -0.15) is 0 Å². The zero-order chi connectivity index (χ0) is 20.4. The van der Waals surface area contributed by atoms with Crippen molar-refractivity contribution in [1.82, 2.24) is 14.5 Å². The molecule has 8 heteroatoms. The van der Waals surface area contributed by atoms with E-state index >= 15 is 0 Å². The van der Waals surface area contributed by atoms with E-state index < -0.39 is 26.1 Å². The summed E-state index contributed by atoms with van der Waals surface area (Å²) in [6, 6.07) is 12.0. The first-order valence-corrected chi connectivity index (χ1v) is 13.4. The van der Waals surface area contributed by atoms with Gasteiger partial charge in [0.05, 0.1) is 0 Å². The van der Waals surface area contributed by atoms with Crippen molar-refractivity contribution in [2.24, 2.45) is 0 Å². The van der Waals surface area contributed by atoms with Gasteiger partial charge in [0, 0.05) is 0 Å². The molecule has 6 nitrogen and oxygen atoms in total. The molecule has 1 aliphatic rings. The van der Waals surface area contributed by atoms with Crippen LogP contribution in [0.2, 0.25) is 0 Å². The summed E-state index contributed by atoms with van der Waals surface area (Å²) in [7, 11) is 0. The minimum atomic E-state index is -1.89. The molecular formula is C21H22FIN4O2. The Bertz CT molecular complexity index is 1090. The first-order chi connectivity index (χ1) is 13.9. The summed E-state index contributed by atoms with van der Waals surface area (Å²) in [6.45, 7) is 2.06. The molecule has 4 rings (SSSR count). The average molecular weight is 508 g/mol. The number of nitrogens with one attached hydrogen (secondary N) is 1. The summed E-state index contributed by atoms with van der Waals surface area (Å²) < 4.78 is 27.9. The van der Waals surface area contributed by atoms with Gasteiger partial charge in [0.1, 0.15) is 0 Å². The molecule has 2 aromatic heterocycles. The van der Waals surface area contributed by atoms with E-state index in [1.54, 1.807) is 42.6 Å². The van der Waals surface area contributed by atoms with Crippen LogP contribution in [0.5, 0.6) is 0 Å². The molecule has 3 heterocycles. The minimum absolute atomic E-state index is 0.163. The van der Waals surface area contributed by atoms with E-state index in [1.165, 1.54) is 10.6 Å². The predicted molar refractivity (Wildman–Crippen MR) is 120 cm³/mol. The quantitative estimate of drug-likeness (QED) is 0.414. The third kappa shape index (κ3) is 4.48. The fourth-order valence-electron chi connectivity index (χ4n) is 3.52. The van der Waals surface area contributed by atoms with E-state index in [1.807, 2.05) is 0 Å². The zero-order valence-electron chi connectivity index (χ0n) is 16.0. The number of nitrogens with zero attached hydrogens (tertiary/aromatic N) is 3. The average Bonchev–Trinajstić information content (AvgIpc) is 2.69. The third-order valence-electron chi connectivity index (χ3n) is 4.91. The van der Waals surface area contributed by atoms with Crippen molar-refractivity contribution < 1.29 is 7.83 Å². The van der Waals surface area contributed by atoms with Gasteiger partial charge in [-0.1, -0.05) is 6.07 Å². The van der Waals surface area contributed by atoms with E-state index in [0.717, 1.165) is 27.9 Å². The molecule has 0 spiro atoms. The summed E-state index contributed by atoms with van der Waals surface area (Å²) in [5.41, 5.74) is 0.933. The fraction of sp³-hybridized carbons (Fsp3) is 0.286. The topological polar surface area (TPSA) is 80.0 Å². The number of aromatic nitrogens is 3. The number of rotatable bonds is 4. The normalized spacial score (nSPS) is 20.4. The van der Waals surface area contributed by atoms with Gasteiger partial charge in [-0.25, -0.2) is 0 Å². The molecule has 2 N–H and O–H groups in total. The van der Waals surface area contributed by atoms with Crippen molar-refractivity contribution in [1.29, 1.82) is 0 Å². The summed E-state index contributed by atoms with van der Waals surface area (Å²) in [5.74, 6) is -0.185. The Balaban J connectivity index is 1.67. The Morgan fingerprint density at radius 1 is 1.28 bits per heavy atom. The number of benzene rings is 1. The van der Waals surface area contributed by atoms with E-state index in [9.17, 15) is 12.6 Å². The van der Waals surface area contributed by atoms with Crippen LogP contribution in [0.4, 0.5) is 10.3 Å². The van der Waals surface area contributed by atoms with Gasteiger partial charge in [-0.3, -0.25) is 0 Å². The van der Waals surface area contributed by atoms with Crippen molar-refractivity contribution in [3.05, 3.63) is 71.0 Å². The maximum atomic E-state index is 14.6. The summed E-state index contributed by atoms with van der Waals surface area (Å²) in [4.78, 5) is 20.6. The van der Waals surface area contributed by atoms with Gasteiger partial charge in [0.15, 0.2) is 0 Å². The van der Waals surface area contributed by atoms with Crippen LogP contribution in [0.1, 0.15) is 19.8 Å². The van der Waals surface area contributed by atoms with E-state index in [4.69, 9.17) is 0 Å². The molecule has 1 saturated heterocycles. The number of alkyl halides is 2. The van der Waals surface area contributed by atoms with Crippen LogP contribution in [0.15, 0.2) is 59.7 Å². The molecule has 3 aromatic rings. The fourth-order valence-corrected chi connectivity index (χ4v) is 7.68. The standard InChI is InChI=1S/C21H22FIN4O2/c1-21(9-5-10-23(29)14-21)26-20-24-13-17(22)19(25-20)15-6-4-7-16(12-15)27-11-3-2-8-18(27)28/h2-4,6-8,11-13,29H,5,9-10,14H2,1H3,(H,24,25,26)/t21-/m1/s1. The molecule has 0 bridgehead atoms. The second kappa shape index (κ2) is 8.19. The molecule has 1 aliphatic heterocycles. The van der Waals surface area contributed by atoms with Crippen LogP contribution in [-0.4, -0.2) is 32.4 Å². The van der Waals surface area contributed by atoms with E-state index in [0.29, 0.717) is 17.2 Å². The summed E-state index contributed by atoms with van der Waals surface area (Å²) in [6.07, 6.45) is 4.73. The van der Waals surface area contributed by atoms with E-state index in [2.05, 4.69) is 22.2 Å². The SMILES string of the molecule is C[C@@]1(Nc2ncc(F)c(-c3cccc(-n4ccccc4=O)c3)n2)CCCI(O)C1. The van der Waals surface area contributed by atoms with Crippen molar-refractivity contribution in [2.75, 3.05) is 14.2 Å². The Hall–Kier alpha value is -2.33.